The highest BCUT2D eigenvalue weighted by atomic mass is 32.1. The van der Waals surface area contributed by atoms with Crippen molar-refractivity contribution in [2.45, 2.75) is 19.8 Å². The number of hydrogen-bond donors (Lipinski definition) is 1. The molecule has 5 nitrogen and oxygen atoms in total. The molecule has 1 atom stereocenters. The summed E-state index contributed by atoms with van der Waals surface area (Å²) in [5.41, 5.74) is 0.370. The van der Waals surface area contributed by atoms with Crippen LogP contribution < -0.4 is 5.32 Å². The molecule has 0 bridgehead atoms. The van der Waals surface area contributed by atoms with E-state index in [4.69, 9.17) is 9.15 Å². The third-order valence-electron chi connectivity index (χ3n) is 3.55. The van der Waals surface area contributed by atoms with E-state index in [-0.39, 0.29) is 5.91 Å². The molecular formula is C15H18N2O3S. The van der Waals surface area contributed by atoms with E-state index in [1.165, 1.54) is 0 Å². The number of oxazole rings is 1. The van der Waals surface area contributed by atoms with Crippen LogP contribution in [0.4, 0.5) is 0 Å². The lowest BCUT2D eigenvalue weighted by Gasteiger charge is -2.21. The van der Waals surface area contributed by atoms with Gasteiger partial charge in [0.2, 0.25) is 5.89 Å². The fourth-order valence-corrected chi connectivity index (χ4v) is 3.05. The van der Waals surface area contributed by atoms with E-state index in [1.54, 1.807) is 18.3 Å². The van der Waals surface area contributed by atoms with Gasteiger partial charge in [0.1, 0.15) is 5.76 Å². The van der Waals surface area contributed by atoms with Crippen LogP contribution in [0.5, 0.6) is 0 Å². The van der Waals surface area contributed by atoms with Crippen LogP contribution in [0.25, 0.3) is 10.8 Å². The molecule has 112 valence electrons. The van der Waals surface area contributed by atoms with E-state index >= 15 is 0 Å². The number of nitrogens with one attached hydrogen (secondary N) is 1. The Hall–Kier alpha value is -1.66. The van der Waals surface area contributed by atoms with Crippen LogP contribution in [0.2, 0.25) is 0 Å². The first-order valence-electron chi connectivity index (χ1n) is 7.11. The molecule has 1 amide bonds. The molecule has 1 aliphatic rings. The maximum atomic E-state index is 12.2. The van der Waals surface area contributed by atoms with Gasteiger partial charge in [-0.3, -0.25) is 4.79 Å². The lowest BCUT2D eigenvalue weighted by molar-refractivity contribution is 0.0535. The summed E-state index contributed by atoms with van der Waals surface area (Å²) >= 11 is 1.54. The molecule has 1 fully saturated rings. The molecular weight excluding hydrogens is 288 g/mol. The van der Waals surface area contributed by atoms with Crippen LogP contribution in [0.3, 0.4) is 0 Å². The van der Waals surface area contributed by atoms with Gasteiger partial charge in [-0.2, -0.15) is 0 Å². The Bertz CT molecular complexity index is 600. The molecule has 0 spiro atoms. The molecule has 0 aliphatic carbocycles. The van der Waals surface area contributed by atoms with Crippen molar-refractivity contribution in [1.29, 1.82) is 0 Å². The average molecular weight is 306 g/mol. The van der Waals surface area contributed by atoms with Gasteiger partial charge in [-0.25, -0.2) is 4.98 Å². The normalized spacial score (nSPS) is 18.6. The SMILES string of the molecule is Cc1oc(-c2cccs2)nc1C(=O)NC[C@H]1CCCOC1. The van der Waals surface area contributed by atoms with Crippen molar-refractivity contribution in [2.24, 2.45) is 5.92 Å². The molecule has 2 aromatic heterocycles. The van der Waals surface area contributed by atoms with E-state index in [9.17, 15) is 4.79 Å². The van der Waals surface area contributed by atoms with Crippen LogP contribution >= 0.6 is 11.3 Å². The van der Waals surface area contributed by atoms with Gasteiger partial charge in [-0.15, -0.1) is 11.3 Å². The van der Waals surface area contributed by atoms with E-state index in [2.05, 4.69) is 10.3 Å². The van der Waals surface area contributed by atoms with Gasteiger partial charge in [0.05, 0.1) is 11.5 Å². The first-order chi connectivity index (χ1) is 10.2. The van der Waals surface area contributed by atoms with Gasteiger partial charge >= 0.3 is 0 Å². The quantitative estimate of drug-likeness (QED) is 0.943. The highest BCUT2D eigenvalue weighted by molar-refractivity contribution is 7.13. The second-order valence-corrected chi connectivity index (χ2v) is 6.14. The number of nitrogens with zero attached hydrogens (tertiary/aromatic N) is 1. The van der Waals surface area contributed by atoms with Crippen molar-refractivity contribution in [2.75, 3.05) is 19.8 Å². The fourth-order valence-electron chi connectivity index (χ4n) is 2.40. The zero-order valence-electron chi connectivity index (χ0n) is 11.9. The Morgan fingerprint density at radius 2 is 2.48 bits per heavy atom. The topological polar surface area (TPSA) is 64.4 Å². The molecule has 1 aliphatic heterocycles. The molecule has 1 N–H and O–H groups in total. The smallest absolute Gasteiger partial charge is 0.273 e. The lowest BCUT2D eigenvalue weighted by atomic mass is 10.0. The highest BCUT2D eigenvalue weighted by Gasteiger charge is 2.20. The van der Waals surface area contributed by atoms with Crippen LogP contribution in [0, 0.1) is 12.8 Å². The van der Waals surface area contributed by atoms with E-state index in [0.29, 0.717) is 29.8 Å². The largest absolute Gasteiger partial charge is 0.440 e. The third-order valence-corrected chi connectivity index (χ3v) is 4.41. The van der Waals surface area contributed by atoms with E-state index < -0.39 is 0 Å². The molecule has 0 unspecified atom stereocenters. The van der Waals surface area contributed by atoms with E-state index in [1.807, 2.05) is 17.5 Å². The minimum atomic E-state index is -0.176. The monoisotopic (exact) mass is 306 g/mol. The number of carbonyl (C=O) groups excluding carboxylic acids is 1. The minimum absolute atomic E-state index is 0.176. The number of rotatable bonds is 4. The van der Waals surface area contributed by atoms with Crippen molar-refractivity contribution < 1.29 is 13.9 Å². The van der Waals surface area contributed by atoms with Gasteiger partial charge in [0, 0.05) is 13.2 Å². The number of amides is 1. The Labute approximate surface area is 127 Å². The molecule has 2 aromatic rings. The van der Waals surface area contributed by atoms with Gasteiger partial charge in [-0.1, -0.05) is 6.07 Å². The minimum Gasteiger partial charge on any atom is -0.440 e. The molecule has 0 radical (unpaired) electrons. The van der Waals surface area contributed by atoms with Crippen molar-refractivity contribution in [3.05, 3.63) is 29.0 Å². The Kier molecular flexibility index (Phi) is 4.36. The van der Waals surface area contributed by atoms with Crippen molar-refractivity contribution in [3.63, 3.8) is 0 Å². The number of aromatic nitrogens is 1. The number of ether oxygens (including phenoxy) is 1. The zero-order valence-corrected chi connectivity index (χ0v) is 12.7. The number of thiophene rings is 1. The third kappa shape index (κ3) is 3.33. The number of aryl methyl sites for hydroxylation is 1. The first kappa shape index (κ1) is 14.3. The van der Waals surface area contributed by atoms with Crippen molar-refractivity contribution in [3.8, 4) is 10.8 Å². The first-order valence-corrected chi connectivity index (χ1v) is 7.99. The molecule has 1 saturated heterocycles. The van der Waals surface area contributed by atoms with Crippen LogP contribution in [-0.2, 0) is 4.74 Å². The van der Waals surface area contributed by atoms with Crippen LogP contribution in [-0.4, -0.2) is 30.6 Å². The predicted octanol–water partition coefficient (Wildman–Crippen LogP) is 2.87. The summed E-state index contributed by atoms with van der Waals surface area (Å²) in [4.78, 5) is 17.5. The average Bonchev–Trinajstić information content (AvgIpc) is 3.15. The molecule has 6 heteroatoms. The Balaban J connectivity index is 1.64. The highest BCUT2D eigenvalue weighted by Crippen LogP contribution is 2.25. The van der Waals surface area contributed by atoms with Gasteiger partial charge in [0.25, 0.3) is 5.91 Å². The summed E-state index contributed by atoms with van der Waals surface area (Å²) in [6.45, 7) is 3.94. The van der Waals surface area contributed by atoms with Gasteiger partial charge < -0.3 is 14.5 Å². The Morgan fingerprint density at radius 3 is 3.19 bits per heavy atom. The van der Waals surface area contributed by atoms with Crippen molar-refractivity contribution in [1.82, 2.24) is 10.3 Å². The fraction of sp³-hybridized carbons (Fsp3) is 0.467. The van der Waals surface area contributed by atoms with Crippen LogP contribution in [0.1, 0.15) is 29.1 Å². The second kappa shape index (κ2) is 6.41. The Morgan fingerprint density at radius 1 is 1.57 bits per heavy atom. The predicted molar refractivity (Wildman–Crippen MR) is 80.4 cm³/mol. The summed E-state index contributed by atoms with van der Waals surface area (Å²) in [6.07, 6.45) is 2.16. The summed E-state index contributed by atoms with van der Waals surface area (Å²) in [7, 11) is 0. The lowest BCUT2D eigenvalue weighted by Crippen LogP contribution is -2.33. The molecule has 0 aromatic carbocycles. The standard InChI is InChI=1S/C15H18N2O3S/c1-10-13(17-15(20-10)12-5-3-7-21-12)14(18)16-8-11-4-2-6-19-9-11/h3,5,7,11H,2,4,6,8-9H2,1H3,(H,16,18)/t11-/m1/s1. The number of carbonyl (C=O) groups is 1. The maximum Gasteiger partial charge on any atom is 0.273 e. The second-order valence-electron chi connectivity index (χ2n) is 5.19. The molecule has 21 heavy (non-hydrogen) atoms. The van der Waals surface area contributed by atoms with Gasteiger partial charge in [-0.05, 0) is 37.1 Å². The number of hydrogen-bond acceptors (Lipinski definition) is 5. The summed E-state index contributed by atoms with van der Waals surface area (Å²) in [5.74, 6) is 1.28. The summed E-state index contributed by atoms with van der Waals surface area (Å²) < 4.78 is 11.0. The van der Waals surface area contributed by atoms with Crippen LogP contribution in [0.15, 0.2) is 21.9 Å². The zero-order chi connectivity index (χ0) is 14.7. The van der Waals surface area contributed by atoms with Gasteiger partial charge in [0.15, 0.2) is 5.69 Å². The van der Waals surface area contributed by atoms with E-state index in [0.717, 1.165) is 30.9 Å². The molecule has 0 saturated carbocycles. The summed E-state index contributed by atoms with van der Waals surface area (Å²) in [6, 6.07) is 3.86. The molecule has 3 heterocycles. The molecule has 3 rings (SSSR count). The maximum absolute atomic E-state index is 12.2. The summed E-state index contributed by atoms with van der Waals surface area (Å²) in [5, 5.41) is 4.89. The van der Waals surface area contributed by atoms with Crippen molar-refractivity contribution >= 4 is 17.2 Å².